The van der Waals surface area contributed by atoms with Crippen molar-refractivity contribution in [1.29, 1.82) is 0 Å². The Morgan fingerprint density at radius 2 is 1.85 bits per heavy atom. The summed E-state index contributed by atoms with van der Waals surface area (Å²) < 4.78 is 33.2. The first kappa shape index (κ1) is 19.1. The Balaban J connectivity index is 2.02. The zero-order valence-corrected chi connectivity index (χ0v) is 15.3. The zero-order valence-electron chi connectivity index (χ0n) is 15.3. The summed E-state index contributed by atoms with van der Waals surface area (Å²) in [5.74, 6) is -3.48. The Morgan fingerprint density at radius 1 is 1.22 bits per heavy atom. The highest BCUT2D eigenvalue weighted by Crippen LogP contribution is 2.30. The van der Waals surface area contributed by atoms with Crippen molar-refractivity contribution < 1.29 is 28.2 Å². The second-order valence-corrected chi connectivity index (χ2v) is 7.60. The molecular formula is C18H21F2N3O4. The molecule has 1 fully saturated rings. The van der Waals surface area contributed by atoms with E-state index in [0.717, 1.165) is 10.8 Å². The zero-order chi connectivity index (χ0) is 20.0. The lowest BCUT2D eigenvalue weighted by molar-refractivity contribution is -0.0496. The number of rotatable bonds is 1. The van der Waals surface area contributed by atoms with Gasteiger partial charge in [0, 0.05) is 31.3 Å². The molecule has 1 aliphatic rings. The summed E-state index contributed by atoms with van der Waals surface area (Å²) in [4.78, 5) is 30.9. The number of hydrogen-bond acceptors (Lipinski definition) is 5. The van der Waals surface area contributed by atoms with Gasteiger partial charge in [-0.2, -0.15) is 0 Å². The normalized spacial score (nSPS) is 17.1. The second-order valence-electron chi connectivity index (χ2n) is 7.60. The largest absolute Gasteiger partial charge is 0.506 e. The fourth-order valence-corrected chi connectivity index (χ4v) is 2.93. The van der Waals surface area contributed by atoms with E-state index in [9.17, 15) is 23.5 Å². The van der Waals surface area contributed by atoms with Gasteiger partial charge < -0.3 is 14.7 Å². The molecule has 0 radical (unpaired) electrons. The minimum atomic E-state index is -2.79. The topological polar surface area (TPSA) is 84.7 Å². The van der Waals surface area contributed by atoms with Crippen LogP contribution in [0.15, 0.2) is 18.3 Å². The van der Waals surface area contributed by atoms with Crippen molar-refractivity contribution in [2.75, 3.05) is 13.1 Å². The van der Waals surface area contributed by atoms with Crippen LogP contribution in [0.5, 0.6) is 5.75 Å². The number of carbonyl (C=O) groups is 2. The minimum absolute atomic E-state index is 0.0393. The predicted octanol–water partition coefficient (Wildman–Crippen LogP) is 3.40. The van der Waals surface area contributed by atoms with Gasteiger partial charge in [-0.05, 0) is 32.9 Å². The van der Waals surface area contributed by atoms with Crippen molar-refractivity contribution in [1.82, 2.24) is 14.5 Å². The summed E-state index contributed by atoms with van der Waals surface area (Å²) in [6.45, 7) is 4.83. The summed E-state index contributed by atoms with van der Waals surface area (Å²) in [5.41, 5.74) is -0.701. The second kappa shape index (κ2) is 6.47. The Kier molecular flexibility index (Phi) is 4.57. The third-order valence-electron chi connectivity index (χ3n) is 4.20. The fraction of sp³-hybridized carbons (Fsp3) is 0.500. The van der Waals surface area contributed by atoms with Gasteiger partial charge in [0.2, 0.25) is 0 Å². The van der Waals surface area contributed by atoms with Crippen molar-refractivity contribution in [2.24, 2.45) is 0 Å². The number of alkyl halides is 2. The Labute approximate surface area is 154 Å². The number of aromatic nitrogens is 2. The van der Waals surface area contributed by atoms with E-state index in [1.165, 1.54) is 17.0 Å². The molecule has 0 spiro atoms. The number of nitrogens with zero attached hydrogens (tertiary/aromatic N) is 3. The molecule has 9 heteroatoms. The summed E-state index contributed by atoms with van der Waals surface area (Å²) >= 11 is 0. The van der Waals surface area contributed by atoms with Crippen molar-refractivity contribution in [3.05, 3.63) is 24.0 Å². The number of carbonyl (C=O) groups excluding carboxylic acids is 2. The van der Waals surface area contributed by atoms with Crippen molar-refractivity contribution in [3.63, 3.8) is 0 Å². The lowest BCUT2D eigenvalue weighted by atomic mass is 10.1. The molecule has 0 aliphatic carbocycles. The number of aromatic hydroxyl groups is 1. The number of hydrogen-bond donors (Lipinski definition) is 1. The maximum Gasteiger partial charge on any atom is 0.420 e. The molecular weight excluding hydrogens is 360 g/mol. The van der Waals surface area contributed by atoms with Crippen LogP contribution in [0.1, 0.15) is 44.1 Å². The molecule has 1 amide bonds. The van der Waals surface area contributed by atoms with Crippen LogP contribution in [0.4, 0.5) is 13.6 Å². The first-order valence-electron chi connectivity index (χ1n) is 8.58. The van der Waals surface area contributed by atoms with Crippen LogP contribution < -0.4 is 0 Å². The van der Waals surface area contributed by atoms with Gasteiger partial charge in [-0.3, -0.25) is 4.79 Å². The van der Waals surface area contributed by atoms with Crippen LogP contribution in [0.25, 0.3) is 11.0 Å². The van der Waals surface area contributed by atoms with Crippen molar-refractivity contribution in [3.8, 4) is 5.75 Å². The molecule has 7 nitrogen and oxygen atoms in total. The highest BCUT2D eigenvalue weighted by Gasteiger charge is 2.37. The molecule has 2 aromatic rings. The average Bonchev–Trinajstić information content (AvgIpc) is 2.91. The number of fused-ring (bicyclic) bond motifs is 1. The molecule has 0 aromatic carbocycles. The summed E-state index contributed by atoms with van der Waals surface area (Å²) in [5, 5.41) is 10.0. The van der Waals surface area contributed by atoms with Gasteiger partial charge >= 0.3 is 6.09 Å². The molecule has 0 unspecified atom stereocenters. The maximum atomic E-state index is 13.4. The van der Waals surface area contributed by atoms with E-state index in [1.807, 2.05) is 0 Å². The third-order valence-corrected chi connectivity index (χ3v) is 4.20. The Morgan fingerprint density at radius 3 is 2.44 bits per heavy atom. The van der Waals surface area contributed by atoms with Gasteiger partial charge in [0.15, 0.2) is 0 Å². The molecule has 0 bridgehead atoms. The number of amides is 1. The molecule has 27 heavy (non-hydrogen) atoms. The van der Waals surface area contributed by atoms with Crippen molar-refractivity contribution >= 4 is 23.0 Å². The van der Waals surface area contributed by atoms with Crippen molar-refractivity contribution in [2.45, 2.75) is 45.1 Å². The van der Waals surface area contributed by atoms with Crippen LogP contribution in [0, 0.1) is 0 Å². The van der Waals surface area contributed by atoms with Gasteiger partial charge in [0.1, 0.15) is 22.7 Å². The Hall–Kier alpha value is -2.71. The van der Waals surface area contributed by atoms with Crippen LogP contribution in [-0.2, 0) is 4.74 Å². The molecule has 0 atom stereocenters. The van der Waals surface area contributed by atoms with Gasteiger partial charge in [-0.1, -0.05) is 0 Å². The van der Waals surface area contributed by atoms with Gasteiger partial charge in [-0.25, -0.2) is 23.1 Å². The number of piperidine rings is 1. The Bertz CT molecular complexity index is 892. The molecule has 3 heterocycles. The highest BCUT2D eigenvalue weighted by molar-refractivity contribution is 6.03. The van der Waals surface area contributed by atoms with E-state index >= 15 is 0 Å². The average molecular weight is 381 g/mol. The number of likely N-dealkylation sites (tertiary alicyclic amines) is 1. The lowest BCUT2D eigenvalue weighted by Gasteiger charge is -2.31. The quantitative estimate of drug-likeness (QED) is 0.818. The van der Waals surface area contributed by atoms with E-state index in [4.69, 9.17) is 4.74 Å². The molecule has 146 valence electrons. The van der Waals surface area contributed by atoms with E-state index in [1.54, 1.807) is 20.8 Å². The third kappa shape index (κ3) is 4.01. The van der Waals surface area contributed by atoms with E-state index in [2.05, 4.69) is 4.98 Å². The van der Waals surface area contributed by atoms with Crippen LogP contribution in [0.2, 0.25) is 0 Å². The highest BCUT2D eigenvalue weighted by atomic mass is 19.3. The molecule has 1 aliphatic heterocycles. The van der Waals surface area contributed by atoms with Gasteiger partial charge in [-0.15, -0.1) is 0 Å². The van der Waals surface area contributed by atoms with Crippen LogP contribution >= 0.6 is 0 Å². The number of pyridine rings is 1. The first-order chi connectivity index (χ1) is 12.5. The fourth-order valence-electron chi connectivity index (χ4n) is 2.93. The van der Waals surface area contributed by atoms with E-state index < -0.39 is 36.4 Å². The monoisotopic (exact) mass is 381 g/mol. The molecule has 2 aromatic heterocycles. The smallest absolute Gasteiger partial charge is 0.420 e. The van der Waals surface area contributed by atoms with E-state index in [0.29, 0.717) is 5.39 Å². The summed E-state index contributed by atoms with van der Waals surface area (Å²) in [6, 6.07) is 2.77. The molecule has 3 rings (SSSR count). The van der Waals surface area contributed by atoms with Crippen LogP contribution in [-0.4, -0.2) is 56.2 Å². The van der Waals surface area contributed by atoms with Gasteiger partial charge in [0.05, 0.1) is 6.20 Å². The summed E-state index contributed by atoms with van der Waals surface area (Å²) in [6.07, 6.45) is -0.505. The predicted molar refractivity (Wildman–Crippen MR) is 93.1 cm³/mol. The molecule has 1 saturated heterocycles. The SMILES string of the molecule is CC(C)(C)OC(=O)n1c(C(=O)N2CCC(F)(F)CC2)cc2cc(O)cnc21. The number of ether oxygens (including phenoxy) is 1. The number of halogens is 2. The van der Waals surface area contributed by atoms with Gasteiger partial charge in [0.25, 0.3) is 11.8 Å². The summed E-state index contributed by atoms with van der Waals surface area (Å²) in [7, 11) is 0. The van der Waals surface area contributed by atoms with E-state index in [-0.39, 0.29) is 30.2 Å². The maximum absolute atomic E-state index is 13.4. The molecule has 1 N–H and O–H groups in total. The standard InChI is InChI=1S/C18H21F2N3O4/c1-17(2,3)27-16(26)23-13(9-11-8-12(24)10-21-14(11)23)15(25)22-6-4-18(19,20)5-7-22/h8-10,24H,4-7H2,1-3H3. The minimum Gasteiger partial charge on any atom is -0.506 e. The molecule has 0 saturated carbocycles. The van der Waals surface area contributed by atoms with Crippen LogP contribution in [0.3, 0.4) is 0 Å². The lowest BCUT2D eigenvalue weighted by Crippen LogP contribution is -2.43. The first-order valence-corrected chi connectivity index (χ1v) is 8.58.